The molecule has 1 heterocycles. The first-order valence-corrected chi connectivity index (χ1v) is 5.35. The number of ether oxygens (including phenoxy) is 1. The maximum absolute atomic E-state index is 13.6. The predicted octanol–water partition coefficient (Wildman–Crippen LogP) is 3.49. The Bertz CT molecular complexity index is 468. The van der Waals surface area contributed by atoms with Gasteiger partial charge in [-0.15, -0.1) is 12.4 Å². The number of carbonyl (C=O) groups excluding carboxylic acids is 1. The Hall–Kier alpha value is -1.07. The topological polar surface area (TPSA) is 38.3 Å². The molecular formula is C11H11Cl2F2NO2. The van der Waals surface area contributed by atoms with Gasteiger partial charge in [0.25, 0.3) is 0 Å². The minimum absolute atomic E-state index is 0. The molecule has 2 rings (SSSR count). The lowest BCUT2D eigenvalue weighted by atomic mass is 9.99. The average molecular weight is 298 g/mol. The first-order chi connectivity index (χ1) is 7.90. The third-order valence-electron chi connectivity index (χ3n) is 2.61. The summed E-state index contributed by atoms with van der Waals surface area (Å²) in [5.41, 5.74) is 1.05. The third kappa shape index (κ3) is 2.84. The third-order valence-corrected chi connectivity index (χ3v) is 3.02. The minimum atomic E-state index is -3.15. The van der Waals surface area contributed by atoms with Crippen LogP contribution in [0.3, 0.4) is 0 Å². The summed E-state index contributed by atoms with van der Waals surface area (Å²) in [6.45, 7) is 0.849. The van der Waals surface area contributed by atoms with Crippen LogP contribution in [-0.4, -0.2) is 18.6 Å². The predicted molar refractivity (Wildman–Crippen MR) is 65.6 cm³/mol. The van der Waals surface area contributed by atoms with E-state index in [0.717, 1.165) is 5.56 Å². The number of alkyl halides is 2. The first kappa shape index (κ1) is 15.0. The van der Waals surface area contributed by atoms with Gasteiger partial charge in [0.1, 0.15) is 6.04 Å². The quantitative estimate of drug-likeness (QED) is 0.862. The van der Waals surface area contributed by atoms with Gasteiger partial charge >= 0.3 is 12.0 Å². The van der Waals surface area contributed by atoms with Gasteiger partial charge in [0.05, 0.1) is 0 Å². The van der Waals surface area contributed by atoms with E-state index < -0.39 is 24.7 Å². The van der Waals surface area contributed by atoms with E-state index in [0.29, 0.717) is 5.02 Å². The minimum Gasteiger partial charge on any atom is -0.443 e. The van der Waals surface area contributed by atoms with Crippen LogP contribution in [0.25, 0.3) is 0 Å². The smallest absolute Gasteiger partial charge is 0.408 e. The summed E-state index contributed by atoms with van der Waals surface area (Å²) in [6, 6.07) is 3.18. The lowest BCUT2D eigenvalue weighted by molar-refractivity contribution is -0.104. The number of alkyl carbamates (subject to hydrolysis) is 1. The first-order valence-electron chi connectivity index (χ1n) is 4.97. The summed E-state index contributed by atoms with van der Waals surface area (Å²) in [5.74, 6) is -3.15. The lowest BCUT2D eigenvalue weighted by Gasteiger charge is -2.31. The molecule has 1 aliphatic rings. The molecule has 0 radical (unpaired) electrons. The van der Waals surface area contributed by atoms with Gasteiger partial charge in [-0.2, -0.15) is 0 Å². The normalized spacial score (nSPS) is 21.6. The molecule has 0 aromatic heterocycles. The molecule has 3 nitrogen and oxygen atoms in total. The van der Waals surface area contributed by atoms with E-state index in [1.165, 1.54) is 12.1 Å². The lowest BCUT2D eigenvalue weighted by Crippen LogP contribution is -2.49. The number of cyclic esters (lactones) is 1. The van der Waals surface area contributed by atoms with Crippen LogP contribution in [0.15, 0.2) is 18.2 Å². The monoisotopic (exact) mass is 297 g/mol. The summed E-state index contributed by atoms with van der Waals surface area (Å²) < 4.78 is 31.4. The molecule has 1 aromatic carbocycles. The summed E-state index contributed by atoms with van der Waals surface area (Å²) in [5, 5.41) is 2.49. The molecule has 0 unspecified atom stereocenters. The largest absolute Gasteiger partial charge is 0.443 e. The van der Waals surface area contributed by atoms with Crippen molar-refractivity contribution in [2.24, 2.45) is 0 Å². The molecule has 100 valence electrons. The maximum atomic E-state index is 13.6. The Labute approximate surface area is 114 Å². The summed E-state index contributed by atoms with van der Waals surface area (Å²) in [7, 11) is 0. The molecule has 0 spiro atoms. The summed E-state index contributed by atoms with van der Waals surface area (Å²) >= 11 is 5.87. The molecule has 1 aromatic rings. The highest BCUT2D eigenvalue weighted by Gasteiger charge is 2.46. The van der Waals surface area contributed by atoms with E-state index in [1.54, 1.807) is 13.0 Å². The van der Waals surface area contributed by atoms with Crippen molar-refractivity contribution in [1.29, 1.82) is 0 Å². The average Bonchev–Trinajstić information content (AvgIpc) is 2.26. The molecule has 18 heavy (non-hydrogen) atoms. The van der Waals surface area contributed by atoms with E-state index in [9.17, 15) is 13.6 Å². The highest BCUT2D eigenvalue weighted by Crippen LogP contribution is 2.35. The number of hydrogen-bond acceptors (Lipinski definition) is 2. The van der Waals surface area contributed by atoms with Gasteiger partial charge in [0, 0.05) is 5.02 Å². The van der Waals surface area contributed by atoms with Crippen molar-refractivity contribution < 1.29 is 18.3 Å². The zero-order valence-corrected chi connectivity index (χ0v) is 10.9. The number of carbonyl (C=O) groups is 1. The van der Waals surface area contributed by atoms with Crippen LogP contribution in [-0.2, 0) is 4.74 Å². The molecule has 7 heteroatoms. The standard InChI is InChI=1S/C11H10ClF2NO2.ClH/c1-6-2-3-7(4-8(6)12)9-11(13,14)5-17-10(16)15-9;/h2-4,9H,5H2,1H3,(H,15,16);1H/t9-;/m1./s1. The Morgan fingerprint density at radius 3 is 2.78 bits per heavy atom. The molecular weight excluding hydrogens is 287 g/mol. The molecule has 1 saturated heterocycles. The molecule has 1 atom stereocenters. The number of amides is 1. The molecule has 1 amide bonds. The fraction of sp³-hybridized carbons (Fsp3) is 0.364. The van der Waals surface area contributed by atoms with Crippen molar-refractivity contribution in [2.45, 2.75) is 18.9 Å². The van der Waals surface area contributed by atoms with Crippen molar-refractivity contribution in [3.8, 4) is 0 Å². The van der Waals surface area contributed by atoms with Crippen LogP contribution in [0.4, 0.5) is 13.6 Å². The Balaban J connectivity index is 0.00000162. The van der Waals surface area contributed by atoms with Crippen molar-refractivity contribution >= 4 is 30.1 Å². The second-order valence-corrected chi connectivity index (χ2v) is 4.33. The van der Waals surface area contributed by atoms with Crippen LogP contribution in [0.5, 0.6) is 0 Å². The zero-order chi connectivity index (χ0) is 12.6. The second-order valence-electron chi connectivity index (χ2n) is 3.92. The van der Waals surface area contributed by atoms with Gasteiger partial charge in [-0.05, 0) is 24.1 Å². The van der Waals surface area contributed by atoms with E-state index in [1.807, 2.05) is 0 Å². The summed E-state index contributed by atoms with van der Waals surface area (Å²) in [4.78, 5) is 11.0. The van der Waals surface area contributed by atoms with E-state index in [-0.39, 0.29) is 18.0 Å². The summed E-state index contributed by atoms with van der Waals surface area (Å²) in [6.07, 6.45) is -0.849. The molecule has 0 saturated carbocycles. The second kappa shape index (κ2) is 5.28. The van der Waals surface area contributed by atoms with Gasteiger partial charge in [-0.25, -0.2) is 13.6 Å². The van der Waals surface area contributed by atoms with Crippen molar-refractivity contribution in [3.05, 3.63) is 34.3 Å². The van der Waals surface area contributed by atoms with E-state index >= 15 is 0 Å². The number of benzene rings is 1. The van der Waals surface area contributed by atoms with Crippen molar-refractivity contribution in [3.63, 3.8) is 0 Å². The molecule has 1 aliphatic heterocycles. The maximum Gasteiger partial charge on any atom is 0.408 e. The van der Waals surface area contributed by atoms with Crippen LogP contribution >= 0.6 is 24.0 Å². The fourth-order valence-electron chi connectivity index (χ4n) is 1.63. The Morgan fingerprint density at radius 2 is 2.17 bits per heavy atom. The van der Waals surface area contributed by atoms with Crippen molar-refractivity contribution in [2.75, 3.05) is 6.61 Å². The SMILES string of the molecule is Cc1ccc([C@H]2NC(=O)OCC2(F)F)cc1Cl.Cl. The Morgan fingerprint density at radius 1 is 1.50 bits per heavy atom. The Kier molecular flexibility index (Phi) is 4.40. The number of aryl methyl sites for hydroxylation is 1. The van der Waals surface area contributed by atoms with Crippen LogP contribution < -0.4 is 5.32 Å². The van der Waals surface area contributed by atoms with Gasteiger partial charge in [0.2, 0.25) is 0 Å². The highest BCUT2D eigenvalue weighted by atomic mass is 35.5. The van der Waals surface area contributed by atoms with E-state index in [2.05, 4.69) is 10.1 Å². The molecule has 0 aliphatic carbocycles. The molecule has 1 fully saturated rings. The van der Waals surface area contributed by atoms with Gasteiger partial charge in [-0.3, -0.25) is 0 Å². The van der Waals surface area contributed by atoms with Crippen LogP contribution in [0.1, 0.15) is 17.2 Å². The van der Waals surface area contributed by atoms with Gasteiger partial charge < -0.3 is 10.1 Å². The highest BCUT2D eigenvalue weighted by molar-refractivity contribution is 6.31. The van der Waals surface area contributed by atoms with Crippen LogP contribution in [0.2, 0.25) is 5.02 Å². The van der Waals surface area contributed by atoms with Crippen LogP contribution in [0, 0.1) is 6.92 Å². The number of rotatable bonds is 1. The van der Waals surface area contributed by atoms with Gasteiger partial charge in [-0.1, -0.05) is 23.7 Å². The number of nitrogens with one attached hydrogen (secondary N) is 1. The van der Waals surface area contributed by atoms with Gasteiger partial charge in [0.15, 0.2) is 6.61 Å². The zero-order valence-electron chi connectivity index (χ0n) is 9.38. The van der Waals surface area contributed by atoms with Crippen molar-refractivity contribution in [1.82, 2.24) is 5.32 Å². The fourth-order valence-corrected chi connectivity index (χ4v) is 1.82. The molecule has 1 N–H and O–H groups in total. The molecule has 0 bridgehead atoms. The number of hydrogen-bond donors (Lipinski definition) is 1. The van der Waals surface area contributed by atoms with E-state index in [4.69, 9.17) is 11.6 Å². The number of halogens is 4.